The van der Waals surface area contributed by atoms with Crippen molar-refractivity contribution in [1.29, 1.82) is 0 Å². The normalized spacial score (nSPS) is 16.3. The fourth-order valence-corrected chi connectivity index (χ4v) is 10.7. The SMILES string of the molecule is CC(C)(C)C(=O)CN1C(=O)[C@H](NC(=O)Nc2cccc(C(=O)NCCOCCC(=O)N[C@@H](CCC(=O)O)C(=O)NCC(=O)N[C@@H](CCC(=O)O)C(=O)N[C@@H](CCC(=O)NC[C@@H](O)[C@H](O)[C@@H](O)[C@@H](O)CO)C(=O)NC[C@H](N)C(=O)N[C@@H](CC(=O)O)C(=O)NCC=O)c2)CN(C2CCCCC2)c2ccccc21. The quantitative estimate of drug-likeness (QED) is 0.0217. The number of carbonyl (C=O) groups is 16. The first-order valence-corrected chi connectivity index (χ1v) is 33.8. The maximum Gasteiger partial charge on any atom is 0.319 e. The number of ether oxygens (including phenoxy) is 1. The lowest BCUT2D eigenvalue weighted by molar-refractivity contribution is -0.141. The van der Waals surface area contributed by atoms with Crippen LogP contribution in [-0.4, -0.2) is 268 Å². The van der Waals surface area contributed by atoms with Gasteiger partial charge in [0.25, 0.3) is 11.8 Å². The van der Waals surface area contributed by atoms with Crippen LogP contribution >= 0.6 is 0 Å². The van der Waals surface area contributed by atoms with Crippen LogP contribution in [0.5, 0.6) is 0 Å². The van der Waals surface area contributed by atoms with Crippen LogP contribution < -0.4 is 74.0 Å². The van der Waals surface area contributed by atoms with Crippen LogP contribution in [0.15, 0.2) is 48.5 Å². The number of nitrogens with one attached hydrogen (secondary N) is 11. The average molecular weight is 1490 g/mol. The third-order valence-corrected chi connectivity index (χ3v) is 16.6. The van der Waals surface area contributed by atoms with Crippen molar-refractivity contribution in [2.24, 2.45) is 11.1 Å². The topological polar surface area (TPSA) is 609 Å². The largest absolute Gasteiger partial charge is 0.481 e. The molecule has 0 saturated heterocycles. The predicted molar refractivity (Wildman–Crippen MR) is 368 cm³/mol. The van der Waals surface area contributed by atoms with Crippen LogP contribution in [0.4, 0.5) is 21.9 Å². The number of carboxylic acids is 3. The van der Waals surface area contributed by atoms with Crippen LogP contribution in [0.1, 0.15) is 115 Å². The molecule has 1 aliphatic heterocycles. The number of benzene rings is 2. The molecule has 2 aromatic rings. The van der Waals surface area contributed by atoms with Gasteiger partial charge in [0.1, 0.15) is 60.8 Å². The fraction of sp³-hybridized carbons (Fsp3) is 0.576. The Hall–Kier alpha value is -10.3. The lowest BCUT2D eigenvalue weighted by atomic mass is 9.90. The Morgan fingerprint density at radius 2 is 1.21 bits per heavy atom. The Kier molecular flexibility index (Phi) is 36.3. The first-order valence-electron chi connectivity index (χ1n) is 33.8. The number of anilines is 3. The zero-order chi connectivity index (χ0) is 78.1. The molecule has 0 spiro atoms. The maximum atomic E-state index is 14.4. The van der Waals surface area contributed by atoms with Crippen LogP contribution in [-0.2, 0) is 71.9 Å². The van der Waals surface area contributed by atoms with Crippen molar-refractivity contribution in [2.45, 2.75) is 171 Å². The van der Waals surface area contributed by atoms with Crippen molar-refractivity contribution in [2.75, 3.05) is 80.8 Å². The number of amides is 12. The van der Waals surface area contributed by atoms with Crippen molar-refractivity contribution >= 4 is 112 Å². The molecule has 12 amide bonds. The summed E-state index contributed by atoms with van der Waals surface area (Å²) in [6.07, 6.45) is -8.35. The Morgan fingerprint density at radius 3 is 1.84 bits per heavy atom. The molecule has 10 atom stereocenters. The van der Waals surface area contributed by atoms with E-state index in [1.807, 2.05) is 12.1 Å². The maximum absolute atomic E-state index is 14.4. The van der Waals surface area contributed by atoms with Crippen LogP contribution in [0.25, 0.3) is 0 Å². The number of fused-ring (bicyclic) bond motifs is 1. The van der Waals surface area contributed by atoms with Gasteiger partial charge >= 0.3 is 23.9 Å². The van der Waals surface area contributed by atoms with Crippen molar-refractivity contribution in [3.05, 3.63) is 54.1 Å². The number of rotatable bonds is 44. The molecule has 105 heavy (non-hydrogen) atoms. The lowest BCUT2D eigenvalue weighted by Gasteiger charge is -2.37. The molecule has 39 nitrogen and oxygen atoms in total. The molecule has 1 saturated carbocycles. The van der Waals surface area contributed by atoms with Gasteiger partial charge in [0.2, 0.25) is 47.3 Å². The molecule has 21 N–H and O–H groups in total. The van der Waals surface area contributed by atoms with Gasteiger partial charge in [0, 0.05) is 74.6 Å². The van der Waals surface area contributed by atoms with Gasteiger partial charge in [-0.3, -0.25) is 67.1 Å². The summed E-state index contributed by atoms with van der Waals surface area (Å²) in [5.41, 5.74) is 6.82. The first kappa shape index (κ1) is 87.1. The number of aldehydes is 1. The van der Waals surface area contributed by atoms with Gasteiger partial charge < -0.3 is 124 Å². The van der Waals surface area contributed by atoms with Gasteiger partial charge in [-0.2, -0.15) is 0 Å². The summed E-state index contributed by atoms with van der Waals surface area (Å²) in [7, 11) is 0. The van der Waals surface area contributed by atoms with Crippen molar-refractivity contribution in [3.8, 4) is 0 Å². The van der Waals surface area contributed by atoms with Crippen LogP contribution in [0.2, 0.25) is 0 Å². The third-order valence-electron chi connectivity index (χ3n) is 16.6. The van der Waals surface area contributed by atoms with E-state index in [1.165, 1.54) is 29.2 Å². The Morgan fingerprint density at radius 1 is 0.619 bits per heavy atom. The van der Waals surface area contributed by atoms with Gasteiger partial charge in [-0.05, 0) is 62.4 Å². The minimum atomic E-state index is -2.10. The molecule has 4 rings (SSSR count). The van der Waals surface area contributed by atoms with E-state index in [0.717, 1.165) is 37.8 Å². The minimum absolute atomic E-state index is 0.0849. The molecule has 0 radical (unpaired) electrons. The monoisotopic (exact) mass is 1480 g/mol. The van der Waals surface area contributed by atoms with E-state index in [4.69, 9.17) is 15.6 Å². The van der Waals surface area contributed by atoms with E-state index in [1.54, 1.807) is 32.9 Å². The Labute approximate surface area is 602 Å². The van der Waals surface area contributed by atoms with Gasteiger partial charge in [0.15, 0.2) is 5.78 Å². The van der Waals surface area contributed by atoms with Gasteiger partial charge in [0.05, 0.1) is 63.4 Å². The number of aliphatic hydroxyl groups excluding tert-OH is 5. The van der Waals surface area contributed by atoms with E-state index in [2.05, 4.69) is 63.4 Å². The Bertz CT molecular complexity index is 3390. The second-order valence-corrected chi connectivity index (χ2v) is 25.8. The van der Waals surface area contributed by atoms with Crippen LogP contribution in [0.3, 0.4) is 0 Å². The molecule has 580 valence electrons. The van der Waals surface area contributed by atoms with E-state index in [-0.39, 0.29) is 62.2 Å². The second kappa shape index (κ2) is 43.7. The number of nitrogens with zero attached hydrogens (tertiary/aromatic N) is 2. The van der Waals surface area contributed by atoms with Crippen LogP contribution in [0, 0.1) is 5.41 Å². The Balaban J connectivity index is 1.34. The molecule has 0 bridgehead atoms. The number of hydrogen-bond donors (Lipinski definition) is 20. The molecular weight excluding hydrogens is 1390 g/mol. The zero-order valence-electron chi connectivity index (χ0n) is 58.3. The highest BCUT2D eigenvalue weighted by molar-refractivity contribution is 6.08. The van der Waals surface area contributed by atoms with E-state index >= 15 is 0 Å². The number of aliphatic hydroxyl groups is 5. The third kappa shape index (κ3) is 30.1. The van der Waals surface area contributed by atoms with Gasteiger partial charge in [-0.25, -0.2) is 4.79 Å². The van der Waals surface area contributed by atoms with E-state index in [9.17, 15) is 112 Å². The van der Waals surface area contributed by atoms with Gasteiger partial charge in [-0.15, -0.1) is 0 Å². The minimum Gasteiger partial charge on any atom is -0.481 e. The molecule has 1 fully saturated rings. The summed E-state index contributed by atoms with van der Waals surface area (Å²) >= 11 is 0. The number of hydrogen-bond acceptors (Lipinski definition) is 24. The summed E-state index contributed by atoms with van der Waals surface area (Å²) in [4.78, 5) is 210. The molecule has 1 aliphatic carbocycles. The number of ketones is 1. The summed E-state index contributed by atoms with van der Waals surface area (Å²) < 4.78 is 5.51. The zero-order valence-corrected chi connectivity index (χ0v) is 58.3. The number of Topliss-reactive ketones (excluding diaryl/α,β-unsaturated/α-hetero) is 1. The molecule has 1 heterocycles. The van der Waals surface area contributed by atoms with Crippen molar-refractivity contribution in [3.63, 3.8) is 0 Å². The van der Waals surface area contributed by atoms with E-state index < -0.39 is 233 Å². The van der Waals surface area contributed by atoms with Gasteiger partial charge in [-0.1, -0.05) is 58.2 Å². The highest BCUT2D eigenvalue weighted by Crippen LogP contribution is 2.38. The molecule has 39 heteroatoms. The van der Waals surface area contributed by atoms with Crippen molar-refractivity contribution < 1.29 is 122 Å². The highest BCUT2D eigenvalue weighted by Gasteiger charge is 2.40. The molecule has 0 aromatic heterocycles. The summed E-state index contributed by atoms with van der Waals surface area (Å²) in [5.74, 6) is -14.5. The molecular formula is C66H96N14O25. The summed E-state index contributed by atoms with van der Waals surface area (Å²) in [6.45, 7) is 0.563. The number of aliphatic carboxylic acids is 3. The predicted octanol–water partition coefficient (Wildman–Crippen LogP) is -5.54. The number of nitrogens with two attached hydrogens (primary N) is 1. The molecule has 2 aliphatic rings. The smallest absolute Gasteiger partial charge is 0.319 e. The molecule has 2 aromatic carbocycles. The lowest BCUT2D eigenvalue weighted by Crippen LogP contribution is -2.58. The van der Waals surface area contributed by atoms with E-state index in [0.29, 0.717) is 5.69 Å². The standard InChI is InChI=1S/C66H96N14O25/c1-66(2,3)49(85)34-80-46-15-8-7-14-45(46)79(38-12-5-4-6-13-38)33-44(64(80)103)78-65(104)73-37-11-9-10-36(28-37)58(97)69-24-27-105-26-22-51(87)74-40(17-20-53(89)90)60(99)72-32-52(88)75-42(18-21-54(91)92)63(102)76-41(16-19-50(86)70-31-47(83)56(95)57(96)48(84)35-82)61(100)71-30-39(67)59(98)77-43(29-55(93)94)62(101)68-23-25-81/h7-11,14-15,25,28,38-44,47-48,56-57,82-84,95-96H,4-6,12-13,16-24,26-27,29-35,67H2,1-3H3,(H,68,101)(H,69,97)(H,70,86)(H,71,100)(H,72,99)(H,74,87)(H,75,88)(H,76,102)(H,77,98)(H,89,90)(H,91,92)(H,93,94)(H2,73,78,104)/t39-,40-,41-,42-,43-,44+,47+,48-,56-,57-/m0/s1. The highest BCUT2D eigenvalue weighted by atomic mass is 16.5. The average Bonchev–Trinajstić information content (AvgIpc) is 1.63. The number of urea groups is 1. The van der Waals surface area contributed by atoms with Crippen molar-refractivity contribution in [1.82, 2.24) is 53.2 Å². The summed E-state index contributed by atoms with van der Waals surface area (Å²) in [5, 5.41) is 103. The number of carbonyl (C=O) groups excluding carboxylic acids is 13. The number of carboxylic acid groups (broad SMARTS) is 3. The number of para-hydroxylation sites is 2. The summed E-state index contributed by atoms with van der Waals surface area (Å²) in [6, 6.07) is 2.78. The molecule has 0 unspecified atom stereocenters. The fourth-order valence-electron chi connectivity index (χ4n) is 10.7. The first-order chi connectivity index (χ1) is 49.6. The second-order valence-electron chi connectivity index (χ2n) is 25.8.